The Bertz CT molecular complexity index is 793. The first-order valence-corrected chi connectivity index (χ1v) is 9.96. The molecule has 1 amide bonds. The molecule has 1 aromatic rings. The first-order valence-electron chi connectivity index (χ1n) is 8.35. The fourth-order valence-electron chi connectivity index (χ4n) is 2.07. The van der Waals surface area contributed by atoms with Crippen molar-refractivity contribution in [2.45, 2.75) is 26.2 Å². The quantitative estimate of drug-likeness (QED) is 0.213. The molecule has 0 unspecified atom stereocenters. The minimum Gasteiger partial charge on any atom is -0.493 e. The predicted molar refractivity (Wildman–Crippen MR) is 110 cm³/mol. The van der Waals surface area contributed by atoms with Crippen LogP contribution in [0.25, 0.3) is 0 Å². The molecular formula is C18H20BrN3O4S. The summed E-state index contributed by atoms with van der Waals surface area (Å²) in [6.45, 7) is 2.78. The summed E-state index contributed by atoms with van der Waals surface area (Å²) < 4.78 is 11.2. The van der Waals surface area contributed by atoms with Gasteiger partial charge >= 0.3 is 5.97 Å². The van der Waals surface area contributed by atoms with Crippen molar-refractivity contribution < 1.29 is 19.1 Å². The number of amidine groups is 1. The van der Waals surface area contributed by atoms with Crippen LogP contribution in [0.5, 0.6) is 5.75 Å². The highest BCUT2D eigenvalue weighted by Gasteiger charge is 2.25. The van der Waals surface area contributed by atoms with Crippen LogP contribution < -0.4 is 10.1 Å². The Morgan fingerprint density at radius 2 is 2.19 bits per heavy atom. The molecule has 0 radical (unpaired) electrons. The molecule has 1 saturated heterocycles. The van der Waals surface area contributed by atoms with E-state index in [2.05, 4.69) is 43.1 Å². The Kier molecular flexibility index (Phi) is 8.53. The summed E-state index contributed by atoms with van der Waals surface area (Å²) >= 11 is 4.45. The minimum absolute atomic E-state index is 0.207. The lowest BCUT2D eigenvalue weighted by Crippen LogP contribution is -2.19. The second-order valence-electron chi connectivity index (χ2n) is 5.48. The van der Waals surface area contributed by atoms with Crippen LogP contribution in [0.1, 0.15) is 31.7 Å². The number of nitrogens with zero attached hydrogens (tertiary/aromatic N) is 2. The van der Waals surface area contributed by atoms with E-state index in [0.717, 1.165) is 47.1 Å². The van der Waals surface area contributed by atoms with E-state index in [0.29, 0.717) is 12.4 Å². The van der Waals surface area contributed by atoms with Crippen LogP contribution in [-0.4, -0.2) is 37.0 Å². The monoisotopic (exact) mass is 453 g/mol. The standard InChI is InChI=1S/C18H20BrN3O4S/c1-3-4-5-8-26-14-7-6-13(19)9-12(14)11-20-22-18-21-17(24)15(27-18)10-16(23)25-2/h6-7,9-11H,3-5,8H2,1-2H3,(H,21,22,24)/b15-10+,20-11?. The van der Waals surface area contributed by atoms with Crippen LogP contribution in [0.4, 0.5) is 0 Å². The van der Waals surface area contributed by atoms with Crippen LogP contribution in [0.2, 0.25) is 0 Å². The average molecular weight is 454 g/mol. The van der Waals surface area contributed by atoms with Gasteiger partial charge in [-0.2, -0.15) is 5.10 Å². The Labute approximate surface area is 170 Å². The van der Waals surface area contributed by atoms with Gasteiger partial charge in [-0.05, 0) is 36.4 Å². The largest absolute Gasteiger partial charge is 0.493 e. The zero-order valence-corrected chi connectivity index (χ0v) is 17.4. The summed E-state index contributed by atoms with van der Waals surface area (Å²) in [4.78, 5) is 23.2. The van der Waals surface area contributed by atoms with Crippen LogP contribution in [0.3, 0.4) is 0 Å². The Balaban J connectivity index is 2.06. The molecule has 1 fully saturated rings. The van der Waals surface area contributed by atoms with Gasteiger partial charge in [-0.3, -0.25) is 10.1 Å². The number of unbranched alkanes of at least 4 members (excludes halogenated alkanes) is 2. The maximum absolute atomic E-state index is 11.8. The van der Waals surface area contributed by atoms with Gasteiger partial charge in [-0.1, -0.05) is 35.7 Å². The lowest BCUT2D eigenvalue weighted by molar-refractivity contribution is -0.135. The van der Waals surface area contributed by atoms with Gasteiger partial charge in [0.05, 0.1) is 24.8 Å². The Morgan fingerprint density at radius 3 is 2.93 bits per heavy atom. The first kappa shape index (κ1) is 21.2. The molecule has 0 aliphatic carbocycles. The van der Waals surface area contributed by atoms with E-state index in [-0.39, 0.29) is 10.1 Å². The molecule has 27 heavy (non-hydrogen) atoms. The fourth-order valence-corrected chi connectivity index (χ4v) is 3.19. The van der Waals surface area contributed by atoms with Gasteiger partial charge in [-0.15, -0.1) is 5.10 Å². The van der Waals surface area contributed by atoms with Gasteiger partial charge in [0, 0.05) is 16.1 Å². The van der Waals surface area contributed by atoms with E-state index in [1.54, 1.807) is 6.21 Å². The fraction of sp³-hybridized carbons (Fsp3) is 0.333. The maximum atomic E-state index is 11.8. The number of esters is 1. The van der Waals surface area contributed by atoms with Crippen molar-refractivity contribution >= 4 is 51.0 Å². The number of benzene rings is 1. The number of hydrogen-bond donors (Lipinski definition) is 1. The van der Waals surface area contributed by atoms with E-state index in [9.17, 15) is 9.59 Å². The predicted octanol–water partition coefficient (Wildman–Crippen LogP) is 3.63. The third-order valence-electron chi connectivity index (χ3n) is 3.42. The van der Waals surface area contributed by atoms with Crippen LogP contribution in [0, 0.1) is 0 Å². The van der Waals surface area contributed by atoms with Gasteiger partial charge in [0.15, 0.2) is 5.17 Å². The van der Waals surface area contributed by atoms with Crippen molar-refractivity contribution in [1.82, 2.24) is 5.32 Å². The van der Waals surface area contributed by atoms with Crippen molar-refractivity contribution in [1.29, 1.82) is 0 Å². The van der Waals surface area contributed by atoms with Crippen LogP contribution in [0.15, 0.2) is 43.9 Å². The highest BCUT2D eigenvalue weighted by Crippen LogP contribution is 2.24. The topological polar surface area (TPSA) is 89.4 Å². The summed E-state index contributed by atoms with van der Waals surface area (Å²) in [6, 6.07) is 5.64. The molecule has 2 rings (SSSR count). The number of hydrogen-bond acceptors (Lipinski definition) is 7. The van der Waals surface area contributed by atoms with E-state index in [4.69, 9.17) is 4.74 Å². The molecule has 0 atom stereocenters. The number of halogens is 1. The Hall–Kier alpha value is -2.13. The number of ether oxygens (including phenoxy) is 2. The molecule has 1 N–H and O–H groups in total. The normalized spacial score (nSPS) is 16.9. The summed E-state index contributed by atoms with van der Waals surface area (Å²) in [5, 5.41) is 10.8. The minimum atomic E-state index is -0.601. The van der Waals surface area contributed by atoms with Crippen molar-refractivity contribution in [2.24, 2.45) is 10.2 Å². The lowest BCUT2D eigenvalue weighted by atomic mass is 10.2. The van der Waals surface area contributed by atoms with Crippen molar-refractivity contribution in [3.05, 3.63) is 39.2 Å². The van der Waals surface area contributed by atoms with E-state index in [1.807, 2.05) is 18.2 Å². The van der Waals surface area contributed by atoms with Crippen molar-refractivity contribution in [3.8, 4) is 5.75 Å². The number of amides is 1. The zero-order valence-electron chi connectivity index (χ0n) is 15.0. The molecule has 1 heterocycles. The number of carbonyl (C=O) groups is 2. The van der Waals surface area contributed by atoms with Gasteiger partial charge in [0.2, 0.25) is 0 Å². The number of rotatable bonds is 8. The molecule has 1 aliphatic rings. The summed E-state index contributed by atoms with van der Waals surface area (Å²) in [7, 11) is 1.25. The SMILES string of the molecule is CCCCCOc1ccc(Br)cc1C=N/N=C1/NC(=O)/C(=C\C(=O)OC)S1. The van der Waals surface area contributed by atoms with Crippen molar-refractivity contribution in [3.63, 3.8) is 0 Å². The molecule has 7 nitrogen and oxygen atoms in total. The Morgan fingerprint density at radius 1 is 1.37 bits per heavy atom. The van der Waals surface area contributed by atoms with Crippen LogP contribution in [-0.2, 0) is 14.3 Å². The molecule has 1 aromatic carbocycles. The number of carbonyl (C=O) groups excluding carboxylic acids is 2. The van der Waals surface area contributed by atoms with Gasteiger partial charge in [0.25, 0.3) is 5.91 Å². The number of nitrogens with one attached hydrogen (secondary N) is 1. The van der Waals surface area contributed by atoms with Gasteiger partial charge in [0.1, 0.15) is 5.75 Å². The average Bonchev–Trinajstić information content (AvgIpc) is 2.99. The molecule has 9 heteroatoms. The van der Waals surface area contributed by atoms with Gasteiger partial charge < -0.3 is 9.47 Å². The summed E-state index contributed by atoms with van der Waals surface area (Å²) in [6.07, 6.45) is 5.91. The van der Waals surface area contributed by atoms with Crippen LogP contribution >= 0.6 is 27.7 Å². The number of thioether (sulfide) groups is 1. The lowest BCUT2D eigenvalue weighted by Gasteiger charge is -2.08. The molecule has 0 spiro atoms. The summed E-state index contributed by atoms with van der Waals surface area (Å²) in [5.74, 6) is -0.300. The van der Waals surface area contributed by atoms with E-state index >= 15 is 0 Å². The van der Waals surface area contributed by atoms with E-state index < -0.39 is 11.9 Å². The molecular weight excluding hydrogens is 434 g/mol. The highest BCUT2D eigenvalue weighted by atomic mass is 79.9. The molecule has 0 saturated carbocycles. The molecule has 0 aromatic heterocycles. The first-order chi connectivity index (χ1) is 13.0. The molecule has 1 aliphatic heterocycles. The van der Waals surface area contributed by atoms with Gasteiger partial charge in [-0.25, -0.2) is 4.79 Å². The molecule has 0 bridgehead atoms. The van der Waals surface area contributed by atoms with E-state index in [1.165, 1.54) is 7.11 Å². The molecule has 144 valence electrons. The summed E-state index contributed by atoms with van der Waals surface area (Å²) in [5.41, 5.74) is 0.768. The van der Waals surface area contributed by atoms with Crippen molar-refractivity contribution in [2.75, 3.05) is 13.7 Å². The maximum Gasteiger partial charge on any atom is 0.331 e. The third-order valence-corrected chi connectivity index (χ3v) is 4.82. The highest BCUT2D eigenvalue weighted by molar-refractivity contribution is 9.10. The zero-order chi connectivity index (χ0) is 19.6. The second kappa shape index (κ2) is 10.9. The third kappa shape index (κ3) is 6.84. The second-order valence-corrected chi connectivity index (χ2v) is 7.42. The smallest absolute Gasteiger partial charge is 0.331 e. The number of methoxy groups -OCH3 is 1.